The number of esters is 1. The smallest absolute Gasteiger partial charge is 0.348 e. The van der Waals surface area contributed by atoms with Crippen molar-refractivity contribution in [3.05, 3.63) is 61.0 Å². The van der Waals surface area contributed by atoms with Crippen molar-refractivity contribution in [3.63, 3.8) is 0 Å². The van der Waals surface area contributed by atoms with Gasteiger partial charge in [-0.1, -0.05) is 18.2 Å². The molecule has 0 spiro atoms. The molecule has 1 N–H and O–H groups in total. The van der Waals surface area contributed by atoms with Crippen molar-refractivity contribution in [1.29, 1.82) is 0 Å². The highest BCUT2D eigenvalue weighted by molar-refractivity contribution is 7.20. The van der Waals surface area contributed by atoms with Gasteiger partial charge in [-0.25, -0.2) is 9.78 Å². The molecule has 0 aliphatic rings. The Labute approximate surface area is 161 Å². The summed E-state index contributed by atoms with van der Waals surface area (Å²) in [5.74, 6) is 0.0436. The first kappa shape index (κ1) is 19.0. The third kappa shape index (κ3) is 3.71. The lowest BCUT2D eigenvalue weighted by Crippen LogP contribution is -2.10. The quantitative estimate of drug-likeness (QED) is 0.671. The molecule has 0 aliphatic heterocycles. The number of nitrogens with zero attached hydrogens (tertiary/aromatic N) is 1. The van der Waals surface area contributed by atoms with Crippen molar-refractivity contribution in [2.24, 2.45) is 0 Å². The topological polar surface area (TPSA) is 72.0 Å². The van der Waals surface area contributed by atoms with Crippen LogP contribution in [-0.2, 0) is 4.74 Å². The Balaban J connectivity index is 2.03. The van der Waals surface area contributed by atoms with Crippen LogP contribution in [-0.4, -0.2) is 22.5 Å². The van der Waals surface area contributed by atoms with E-state index in [2.05, 4.69) is 42.9 Å². The van der Waals surface area contributed by atoms with Crippen molar-refractivity contribution >= 4 is 39.7 Å². The summed E-state index contributed by atoms with van der Waals surface area (Å²) in [6, 6.07) is 4.26. The summed E-state index contributed by atoms with van der Waals surface area (Å²) in [6.45, 7) is 10.0. The number of H-pyrrole nitrogens is 1. The van der Waals surface area contributed by atoms with Crippen LogP contribution in [0.3, 0.4) is 0 Å². The van der Waals surface area contributed by atoms with E-state index in [-0.39, 0.29) is 5.56 Å². The van der Waals surface area contributed by atoms with Gasteiger partial charge in [-0.15, -0.1) is 11.3 Å². The van der Waals surface area contributed by atoms with Crippen molar-refractivity contribution in [2.75, 3.05) is 6.61 Å². The normalized spacial score (nSPS) is 11.4. The Morgan fingerprint density at radius 2 is 1.85 bits per heavy atom. The van der Waals surface area contributed by atoms with Crippen molar-refractivity contribution in [1.82, 2.24) is 9.97 Å². The van der Waals surface area contributed by atoms with E-state index in [0.29, 0.717) is 33.1 Å². The zero-order valence-electron chi connectivity index (χ0n) is 16.1. The van der Waals surface area contributed by atoms with Crippen LogP contribution in [0.2, 0.25) is 0 Å². The number of hydrogen-bond donors (Lipinski definition) is 1. The number of aryl methyl sites for hydroxylation is 4. The molecule has 0 saturated heterocycles. The minimum atomic E-state index is -0.416. The van der Waals surface area contributed by atoms with Gasteiger partial charge in [0.1, 0.15) is 15.5 Å². The van der Waals surface area contributed by atoms with E-state index in [1.165, 1.54) is 22.5 Å². The van der Waals surface area contributed by atoms with Gasteiger partial charge in [0.05, 0.1) is 12.0 Å². The Hall–Kier alpha value is -2.73. The molecule has 0 bridgehead atoms. The molecule has 27 heavy (non-hydrogen) atoms. The molecule has 0 saturated carbocycles. The summed E-state index contributed by atoms with van der Waals surface area (Å²) in [7, 11) is 0. The molecule has 0 radical (unpaired) electrons. The molecule has 140 valence electrons. The van der Waals surface area contributed by atoms with Crippen LogP contribution in [0.1, 0.15) is 50.2 Å². The standard InChI is InChI=1S/C21H22N2O3S/c1-6-26-21(25)18-14(5)17-19(24)22-16(23-20(17)27-18)8-7-15-10-12(3)11(2)9-13(15)4/h7-10H,6H2,1-5H3,(H,22,23,24)/b8-7+. The zero-order valence-corrected chi connectivity index (χ0v) is 16.9. The van der Waals surface area contributed by atoms with E-state index < -0.39 is 5.97 Å². The third-order valence-corrected chi connectivity index (χ3v) is 5.75. The van der Waals surface area contributed by atoms with Crippen LogP contribution in [0.5, 0.6) is 0 Å². The van der Waals surface area contributed by atoms with Gasteiger partial charge in [0.2, 0.25) is 0 Å². The van der Waals surface area contributed by atoms with Gasteiger partial charge in [0.15, 0.2) is 0 Å². The highest BCUT2D eigenvalue weighted by atomic mass is 32.1. The number of hydrogen-bond acceptors (Lipinski definition) is 5. The van der Waals surface area contributed by atoms with Crippen molar-refractivity contribution in [3.8, 4) is 0 Å². The lowest BCUT2D eigenvalue weighted by molar-refractivity contribution is 0.0531. The van der Waals surface area contributed by atoms with Crippen LogP contribution in [0, 0.1) is 27.7 Å². The number of thiophene rings is 1. The fraction of sp³-hybridized carbons (Fsp3) is 0.286. The molecule has 2 aromatic heterocycles. The predicted molar refractivity (Wildman–Crippen MR) is 111 cm³/mol. The molecule has 0 unspecified atom stereocenters. The highest BCUT2D eigenvalue weighted by Gasteiger charge is 2.19. The summed E-state index contributed by atoms with van der Waals surface area (Å²) in [5.41, 5.74) is 5.07. The Kier molecular flexibility index (Phi) is 5.28. The highest BCUT2D eigenvalue weighted by Crippen LogP contribution is 2.28. The minimum absolute atomic E-state index is 0.249. The number of carbonyl (C=O) groups excluding carboxylic acids is 1. The zero-order chi connectivity index (χ0) is 19.7. The molecule has 0 fully saturated rings. The molecule has 0 aliphatic carbocycles. The SMILES string of the molecule is CCOC(=O)c1sc2nc(/C=C/c3cc(C)c(C)cc3C)[nH]c(=O)c2c1C. The first-order valence-electron chi connectivity index (χ1n) is 8.78. The Bertz CT molecular complexity index is 1120. The van der Waals surface area contributed by atoms with Gasteiger partial charge >= 0.3 is 5.97 Å². The van der Waals surface area contributed by atoms with E-state index in [9.17, 15) is 9.59 Å². The lowest BCUT2D eigenvalue weighted by atomic mass is 10.0. The molecule has 3 rings (SSSR count). The number of aromatic amines is 1. The molecule has 1 aromatic carbocycles. The number of ether oxygens (including phenoxy) is 1. The van der Waals surface area contributed by atoms with Gasteiger partial charge in [-0.3, -0.25) is 4.79 Å². The summed E-state index contributed by atoms with van der Waals surface area (Å²) >= 11 is 1.19. The molecule has 0 amide bonds. The molecular formula is C21H22N2O3S. The van der Waals surface area contributed by atoms with Crippen molar-refractivity contribution in [2.45, 2.75) is 34.6 Å². The summed E-state index contributed by atoms with van der Waals surface area (Å²) in [5, 5.41) is 0.447. The maximum atomic E-state index is 12.5. The van der Waals surface area contributed by atoms with Gasteiger partial charge in [0, 0.05) is 0 Å². The number of benzene rings is 1. The number of aromatic nitrogens is 2. The van der Waals surface area contributed by atoms with Gasteiger partial charge < -0.3 is 9.72 Å². The van der Waals surface area contributed by atoms with E-state index >= 15 is 0 Å². The second kappa shape index (κ2) is 7.48. The third-order valence-electron chi connectivity index (χ3n) is 4.58. The monoisotopic (exact) mass is 382 g/mol. The maximum absolute atomic E-state index is 12.5. The van der Waals surface area contributed by atoms with E-state index in [1.807, 2.05) is 6.08 Å². The molecule has 3 aromatic rings. The van der Waals surface area contributed by atoms with Crippen LogP contribution in [0.25, 0.3) is 22.4 Å². The predicted octanol–water partition coefficient (Wildman–Crippen LogP) is 4.57. The van der Waals surface area contributed by atoms with Crippen LogP contribution in [0.4, 0.5) is 0 Å². The van der Waals surface area contributed by atoms with Gasteiger partial charge in [-0.2, -0.15) is 0 Å². The van der Waals surface area contributed by atoms with E-state index in [4.69, 9.17) is 4.74 Å². The average molecular weight is 382 g/mol. The van der Waals surface area contributed by atoms with Crippen molar-refractivity contribution < 1.29 is 9.53 Å². The summed E-state index contributed by atoms with van der Waals surface area (Å²) in [4.78, 5) is 32.9. The first-order valence-corrected chi connectivity index (χ1v) is 9.60. The Morgan fingerprint density at radius 3 is 2.56 bits per heavy atom. The summed E-state index contributed by atoms with van der Waals surface area (Å²) in [6.07, 6.45) is 3.73. The second-order valence-electron chi connectivity index (χ2n) is 6.53. The van der Waals surface area contributed by atoms with Crippen LogP contribution >= 0.6 is 11.3 Å². The Morgan fingerprint density at radius 1 is 1.15 bits per heavy atom. The van der Waals surface area contributed by atoms with E-state index in [1.54, 1.807) is 19.9 Å². The number of nitrogens with one attached hydrogen (secondary N) is 1. The van der Waals surface area contributed by atoms with Crippen LogP contribution < -0.4 is 5.56 Å². The lowest BCUT2D eigenvalue weighted by Gasteiger charge is -2.06. The van der Waals surface area contributed by atoms with Crippen LogP contribution in [0.15, 0.2) is 16.9 Å². The van der Waals surface area contributed by atoms with E-state index in [0.717, 1.165) is 11.1 Å². The molecular weight excluding hydrogens is 360 g/mol. The average Bonchev–Trinajstić information content (AvgIpc) is 2.94. The fourth-order valence-corrected chi connectivity index (χ4v) is 4.04. The molecule has 5 nitrogen and oxygen atoms in total. The second-order valence-corrected chi connectivity index (χ2v) is 7.53. The van der Waals surface area contributed by atoms with Gasteiger partial charge in [0.25, 0.3) is 5.56 Å². The van der Waals surface area contributed by atoms with Gasteiger partial charge in [-0.05, 0) is 68.5 Å². The number of carbonyl (C=O) groups is 1. The molecule has 0 atom stereocenters. The maximum Gasteiger partial charge on any atom is 0.348 e. The number of rotatable bonds is 4. The molecule has 6 heteroatoms. The largest absolute Gasteiger partial charge is 0.462 e. The number of fused-ring (bicyclic) bond motifs is 1. The first-order chi connectivity index (χ1) is 12.8. The molecule has 2 heterocycles. The fourth-order valence-electron chi connectivity index (χ4n) is 2.96. The minimum Gasteiger partial charge on any atom is -0.462 e. The summed E-state index contributed by atoms with van der Waals surface area (Å²) < 4.78 is 5.07.